The zero-order chi connectivity index (χ0) is 31.3. The van der Waals surface area contributed by atoms with Crippen molar-refractivity contribution in [2.75, 3.05) is 0 Å². The second-order valence-corrected chi connectivity index (χ2v) is 13.5. The maximum Gasteiger partial charge on any atom is 0.0167 e. The van der Waals surface area contributed by atoms with Crippen molar-refractivity contribution in [1.29, 1.82) is 0 Å². The molecule has 7 aromatic rings. The molecule has 2 aliphatic carbocycles. The van der Waals surface area contributed by atoms with E-state index in [4.69, 9.17) is 4.98 Å². The molecule has 0 saturated heterocycles. The predicted octanol–water partition coefficient (Wildman–Crippen LogP) is 10.6. The first-order chi connectivity index (χ1) is 22.4. The molecule has 2 nitrogen and oxygen atoms in total. The van der Waals surface area contributed by atoms with Crippen molar-refractivity contribution in [3.05, 3.63) is 155 Å². The fourth-order valence-corrected chi connectivity index (χ4v) is 7.20. The number of aromatic nitrogens is 2. The largest absolute Gasteiger partial charge is 0.305 e. The average molecular weight is 785 g/mol. The monoisotopic (exact) mass is 785 g/mol. The summed E-state index contributed by atoms with van der Waals surface area (Å²) in [6.07, 6.45) is 8.19. The van der Waals surface area contributed by atoms with Gasteiger partial charge in [0, 0.05) is 32.5 Å². The maximum absolute atomic E-state index is 4.84. The first-order valence-electron chi connectivity index (χ1n) is 16.3. The summed E-state index contributed by atoms with van der Waals surface area (Å²) in [5.74, 6) is 0. The van der Waals surface area contributed by atoms with Crippen molar-refractivity contribution in [2.24, 2.45) is 0 Å². The van der Waals surface area contributed by atoms with E-state index < -0.39 is 0 Å². The molecule has 0 bridgehead atoms. The second kappa shape index (κ2) is 12.6. The number of fused-ring (bicyclic) bond motifs is 3. The summed E-state index contributed by atoms with van der Waals surface area (Å²) in [6, 6.07) is 43.6. The Hall–Kier alpha value is -4.43. The van der Waals surface area contributed by atoms with Crippen LogP contribution in [0.25, 0.3) is 55.2 Å². The molecule has 0 N–H and O–H groups in total. The molecular formula is C44H36IrN2-2. The van der Waals surface area contributed by atoms with E-state index in [0.29, 0.717) is 0 Å². The molecular weight excluding hydrogens is 749 g/mol. The summed E-state index contributed by atoms with van der Waals surface area (Å²) in [6.45, 7) is 6.64. The maximum atomic E-state index is 4.84. The summed E-state index contributed by atoms with van der Waals surface area (Å²) >= 11 is 0. The Bertz CT molecular complexity index is 2200. The number of nitrogens with zero attached hydrogens (tertiary/aromatic N) is 2. The molecule has 0 saturated carbocycles. The van der Waals surface area contributed by atoms with Crippen LogP contribution in [0.15, 0.2) is 116 Å². The third-order valence-corrected chi connectivity index (χ3v) is 9.56. The molecule has 2 heterocycles. The van der Waals surface area contributed by atoms with Crippen LogP contribution in [-0.4, -0.2) is 9.97 Å². The number of hydrogen-bond acceptors (Lipinski definition) is 2. The third-order valence-electron chi connectivity index (χ3n) is 9.56. The molecule has 0 spiro atoms. The average Bonchev–Trinajstić information content (AvgIpc) is 3.10. The van der Waals surface area contributed by atoms with Gasteiger partial charge in [-0.1, -0.05) is 98.6 Å². The van der Waals surface area contributed by atoms with Crippen LogP contribution in [0.1, 0.15) is 48.6 Å². The van der Waals surface area contributed by atoms with Gasteiger partial charge in [0.25, 0.3) is 0 Å². The van der Waals surface area contributed by atoms with E-state index in [1.807, 2.05) is 36.7 Å². The van der Waals surface area contributed by atoms with Crippen LogP contribution >= 0.6 is 0 Å². The summed E-state index contributed by atoms with van der Waals surface area (Å²) in [7, 11) is 0. The van der Waals surface area contributed by atoms with E-state index in [1.165, 1.54) is 60.5 Å². The Kier molecular flexibility index (Phi) is 8.39. The summed E-state index contributed by atoms with van der Waals surface area (Å²) in [5, 5.41) is 5.05. The van der Waals surface area contributed by atoms with Gasteiger partial charge in [-0.3, -0.25) is 0 Å². The molecule has 2 aliphatic rings. The van der Waals surface area contributed by atoms with E-state index in [1.54, 1.807) is 0 Å². The number of benzene rings is 5. The Morgan fingerprint density at radius 3 is 2.19 bits per heavy atom. The normalized spacial score (nSPS) is 12.9. The van der Waals surface area contributed by atoms with Crippen LogP contribution in [0.3, 0.4) is 0 Å². The van der Waals surface area contributed by atoms with Gasteiger partial charge in [-0.25, -0.2) is 0 Å². The van der Waals surface area contributed by atoms with E-state index in [-0.39, 0.29) is 25.5 Å². The Morgan fingerprint density at radius 2 is 1.38 bits per heavy atom. The first-order valence-corrected chi connectivity index (χ1v) is 16.3. The summed E-state index contributed by atoms with van der Waals surface area (Å²) < 4.78 is 0. The van der Waals surface area contributed by atoms with Crippen LogP contribution in [-0.2, 0) is 51.2 Å². The molecule has 0 fully saturated rings. The molecule has 1 radical (unpaired) electrons. The summed E-state index contributed by atoms with van der Waals surface area (Å²) in [5.41, 5.74) is 14.6. The number of rotatable bonds is 2. The van der Waals surface area contributed by atoms with Crippen molar-refractivity contribution in [2.45, 2.75) is 51.9 Å². The molecule has 3 heteroatoms. The van der Waals surface area contributed by atoms with Gasteiger partial charge in [-0.05, 0) is 87.3 Å². The van der Waals surface area contributed by atoms with Gasteiger partial charge in [0.1, 0.15) is 0 Å². The Labute approximate surface area is 291 Å². The van der Waals surface area contributed by atoms with Crippen molar-refractivity contribution >= 4 is 21.5 Å². The molecule has 0 atom stereocenters. The number of hydrogen-bond donors (Lipinski definition) is 0. The smallest absolute Gasteiger partial charge is 0.0167 e. The SMILES string of the molecule is CC(C)(C)c1cc[c-]c(-c2ccccn2)c1.[Ir].[c-]1c(-c2nccc3c2ccc2ccccc23)cc2c3c1CCc1cccc(c1-3)CC2. The molecule has 5 aromatic carbocycles. The Balaban J connectivity index is 0.000000177. The molecule has 233 valence electrons. The zero-order valence-corrected chi connectivity index (χ0v) is 29.4. The van der Waals surface area contributed by atoms with Crippen LogP contribution < -0.4 is 0 Å². The van der Waals surface area contributed by atoms with Crippen molar-refractivity contribution < 1.29 is 20.1 Å². The molecule has 0 aliphatic heterocycles. The van der Waals surface area contributed by atoms with Gasteiger partial charge in [0.05, 0.1) is 0 Å². The van der Waals surface area contributed by atoms with Crippen molar-refractivity contribution in [1.82, 2.24) is 9.97 Å². The van der Waals surface area contributed by atoms with Gasteiger partial charge in [-0.15, -0.1) is 64.2 Å². The topological polar surface area (TPSA) is 25.8 Å². The van der Waals surface area contributed by atoms with Gasteiger partial charge < -0.3 is 9.97 Å². The molecule has 2 aromatic heterocycles. The quantitative estimate of drug-likeness (QED) is 0.129. The first kappa shape index (κ1) is 31.2. The molecule has 47 heavy (non-hydrogen) atoms. The van der Waals surface area contributed by atoms with Gasteiger partial charge in [0.2, 0.25) is 0 Å². The fourth-order valence-electron chi connectivity index (χ4n) is 7.20. The predicted molar refractivity (Wildman–Crippen MR) is 191 cm³/mol. The molecule has 0 amide bonds. The summed E-state index contributed by atoms with van der Waals surface area (Å²) in [4.78, 5) is 9.18. The van der Waals surface area contributed by atoms with Crippen LogP contribution in [0.4, 0.5) is 0 Å². The van der Waals surface area contributed by atoms with Gasteiger partial charge in [0.15, 0.2) is 0 Å². The zero-order valence-electron chi connectivity index (χ0n) is 27.0. The van der Waals surface area contributed by atoms with Crippen LogP contribution in [0.5, 0.6) is 0 Å². The number of pyridine rings is 2. The standard InChI is InChI=1S/C29H20N.C15H16N.Ir/c1-2-7-24-18(4-1)12-13-26-25(24)14-15-30-29(26)23-16-21-10-8-19-5-3-6-20-9-11-22(17-23)28(21)27(19)20;1-15(2,3)13-8-6-7-12(11-13)14-9-4-5-10-16-14;/h1-7,12-16H,8-11H2;4-6,8-11H,1-3H3;/q2*-1;. The molecule has 9 rings (SSSR count). The van der Waals surface area contributed by atoms with Gasteiger partial charge in [-0.2, -0.15) is 0 Å². The number of aryl methyl sites for hydroxylation is 4. The van der Waals surface area contributed by atoms with Crippen molar-refractivity contribution in [3.8, 4) is 33.6 Å². The molecule has 0 unspecified atom stereocenters. The van der Waals surface area contributed by atoms with Gasteiger partial charge >= 0.3 is 0 Å². The fraction of sp³-hybridized carbons (Fsp3) is 0.182. The van der Waals surface area contributed by atoms with E-state index in [9.17, 15) is 0 Å². The van der Waals surface area contributed by atoms with E-state index in [2.05, 4.69) is 117 Å². The Morgan fingerprint density at radius 1 is 0.596 bits per heavy atom. The minimum Gasteiger partial charge on any atom is -0.305 e. The minimum atomic E-state index is 0. The second-order valence-electron chi connectivity index (χ2n) is 13.5. The van der Waals surface area contributed by atoms with Crippen LogP contribution in [0, 0.1) is 12.1 Å². The minimum absolute atomic E-state index is 0. The third kappa shape index (κ3) is 5.84. The van der Waals surface area contributed by atoms with Crippen molar-refractivity contribution in [3.63, 3.8) is 0 Å². The van der Waals surface area contributed by atoms with E-state index >= 15 is 0 Å². The van der Waals surface area contributed by atoms with Crippen LogP contribution in [0.2, 0.25) is 0 Å². The van der Waals surface area contributed by atoms with E-state index in [0.717, 1.165) is 48.2 Å².